The quantitative estimate of drug-likeness (QED) is 0.809. The van der Waals surface area contributed by atoms with Gasteiger partial charge in [0.25, 0.3) is 0 Å². The minimum absolute atomic E-state index is 0.290. The molecule has 0 aliphatic rings. The molecule has 92 valence electrons. The van der Waals surface area contributed by atoms with Gasteiger partial charge in [0.15, 0.2) is 0 Å². The maximum Gasteiger partial charge on any atom is 0.214 e. The van der Waals surface area contributed by atoms with E-state index in [2.05, 4.69) is 4.98 Å². The van der Waals surface area contributed by atoms with Gasteiger partial charge < -0.3 is 9.51 Å². The summed E-state index contributed by atoms with van der Waals surface area (Å²) < 4.78 is 24.0. The minimum atomic E-state index is -3.79. The summed E-state index contributed by atoms with van der Waals surface area (Å²) in [6.45, 7) is 1.35. The number of primary sulfonamides is 1. The minimum Gasteiger partial charge on any atom is -0.385 e. The smallest absolute Gasteiger partial charge is 0.214 e. The first kappa shape index (κ1) is 12.0. The lowest BCUT2D eigenvalue weighted by Gasteiger charge is -2.14. The summed E-state index contributed by atoms with van der Waals surface area (Å²) in [6, 6.07) is 5.38. The Morgan fingerprint density at radius 2 is 2.18 bits per heavy atom. The van der Waals surface area contributed by atoms with Gasteiger partial charge in [-0.1, -0.05) is 6.07 Å². The molecular formula is C10H13N3O3S. The monoisotopic (exact) mass is 255 g/mol. The average Bonchev–Trinajstić information content (AvgIpc) is 2.69. The van der Waals surface area contributed by atoms with Crippen molar-refractivity contribution in [3.8, 4) is 0 Å². The van der Waals surface area contributed by atoms with E-state index in [0.717, 1.165) is 0 Å². The van der Waals surface area contributed by atoms with Crippen molar-refractivity contribution >= 4 is 15.7 Å². The van der Waals surface area contributed by atoms with E-state index < -0.39 is 21.4 Å². The van der Waals surface area contributed by atoms with Gasteiger partial charge in [0.2, 0.25) is 10.0 Å². The van der Waals surface area contributed by atoms with Gasteiger partial charge in [0.05, 0.1) is 5.69 Å². The highest BCUT2D eigenvalue weighted by molar-refractivity contribution is 7.89. The van der Waals surface area contributed by atoms with E-state index in [1.807, 2.05) is 12.1 Å². The van der Waals surface area contributed by atoms with Crippen LogP contribution >= 0.6 is 0 Å². The fraction of sp³-hybridized carbons (Fsp3) is 0.300. The topological polar surface area (TPSA) is 97.7 Å². The molecule has 6 nitrogen and oxygen atoms in total. The number of nitrogens with zero attached hydrogens (tertiary/aromatic N) is 2. The van der Waals surface area contributed by atoms with Crippen LogP contribution in [0.4, 0.5) is 0 Å². The van der Waals surface area contributed by atoms with Crippen molar-refractivity contribution < 1.29 is 13.5 Å². The number of sulfonamides is 1. The molecule has 2 aromatic heterocycles. The van der Waals surface area contributed by atoms with Crippen LogP contribution in [0.1, 0.15) is 18.7 Å². The molecule has 0 aliphatic heterocycles. The van der Waals surface area contributed by atoms with Crippen LogP contribution in [0.3, 0.4) is 0 Å². The molecule has 2 atom stereocenters. The number of aromatic nitrogens is 2. The van der Waals surface area contributed by atoms with Crippen molar-refractivity contribution in [2.24, 2.45) is 5.14 Å². The van der Waals surface area contributed by atoms with E-state index >= 15 is 0 Å². The van der Waals surface area contributed by atoms with E-state index in [1.54, 1.807) is 22.9 Å². The van der Waals surface area contributed by atoms with Crippen LogP contribution in [0, 0.1) is 0 Å². The molecule has 0 spiro atoms. The largest absolute Gasteiger partial charge is 0.385 e. The van der Waals surface area contributed by atoms with E-state index in [1.165, 1.54) is 6.92 Å². The third-order valence-electron chi connectivity index (χ3n) is 2.65. The molecule has 0 aromatic carbocycles. The Kier molecular flexibility index (Phi) is 2.90. The lowest BCUT2D eigenvalue weighted by atomic mass is 10.2. The van der Waals surface area contributed by atoms with Crippen molar-refractivity contribution in [3.05, 3.63) is 36.3 Å². The second kappa shape index (κ2) is 4.10. The third-order valence-corrected chi connectivity index (χ3v) is 3.94. The molecule has 0 aliphatic carbocycles. The highest BCUT2D eigenvalue weighted by Crippen LogP contribution is 2.20. The Labute approximate surface area is 98.8 Å². The first-order chi connectivity index (χ1) is 7.89. The summed E-state index contributed by atoms with van der Waals surface area (Å²) in [4.78, 5) is 4.14. The van der Waals surface area contributed by atoms with E-state index in [4.69, 9.17) is 5.14 Å². The van der Waals surface area contributed by atoms with Gasteiger partial charge in [-0.2, -0.15) is 0 Å². The van der Waals surface area contributed by atoms with Crippen LogP contribution in [-0.4, -0.2) is 28.2 Å². The molecule has 2 heterocycles. The maximum atomic E-state index is 11.1. The Hall–Kier alpha value is -1.44. The fourth-order valence-electron chi connectivity index (χ4n) is 1.52. The zero-order valence-electron chi connectivity index (χ0n) is 9.19. The lowest BCUT2D eigenvalue weighted by molar-refractivity contribution is 0.172. The number of hydrogen-bond acceptors (Lipinski definition) is 4. The predicted molar refractivity (Wildman–Crippen MR) is 62.7 cm³/mol. The van der Waals surface area contributed by atoms with Crippen LogP contribution < -0.4 is 5.14 Å². The van der Waals surface area contributed by atoms with Crippen LogP contribution in [-0.2, 0) is 10.0 Å². The lowest BCUT2D eigenvalue weighted by Crippen LogP contribution is -2.31. The molecule has 17 heavy (non-hydrogen) atoms. The van der Waals surface area contributed by atoms with Gasteiger partial charge in [-0.15, -0.1) is 0 Å². The Morgan fingerprint density at radius 1 is 1.47 bits per heavy atom. The second-order valence-electron chi connectivity index (χ2n) is 3.87. The number of pyridine rings is 1. The first-order valence-electron chi connectivity index (χ1n) is 5.03. The summed E-state index contributed by atoms with van der Waals surface area (Å²) in [7, 11) is -3.79. The van der Waals surface area contributed by atoms with Crippen molar-refractivity contribution in [1.29, 1.82) is 0 Å². The van der Waals surface area contributed by atoms with Crippen LogP contribution in [0.25, 0.3) is 5.65 Å². The zero-order valence-corrected chi connectivity index (χ0v) is 10.0. The fourth-order valence-corrected chi connectivity index (χ4v) is 2.02. The van der Waals surface area contributed by atoms with Gasteiger partial charge in [0, 0.05) is 12.4 Å². The molecule has 0 fully saturated rings. The first-order valence-corrected chi connectivity index (χ1v) is 6.64. The zero-order chi connectivity index (χ0) is 12.6. The molecule has 2 rings (SSSR count). The number of aliphatic hydroxyl groups is 1. The average molecular weight is 255 g/mol. The molecule has 3 N–H and O–H groups in total. The summed E-state index contributed by atoms with van der Waals surface area (Å²) in [6.07, 6.45) is 2.12. The summed E-state index contributed by atoms with van der Waals surface area (Å²) in [5, 5.41) is 13.8. The van der Waals surface area contributed by atoms with Crippen molar-refractivity contribution in [2.75, 3.05) is 0 Å². The number of hydrogen-bond donors (Lipinski definition) is 2. The maximum absolute atomic E-state index is 11.1. The SMILES string of the molecule is C[C@H]([C@@H](O)c1cn2ccccc2n1)S(N)(=O)=O. The third kappa shape index (κ3) is 2.31. The number of imidazole rings is 1. The standard InChI is InChI=1S/C10H13N3O3S/c1-7(17(11,15)16)10(14)8-6-13-5-3-2-4-9(13)12-8/h2-7,10,14H,1H3,(H2,11,15,16)/t7-,10-/m1/s1. The van der Waals surface area contributed by atoms with Gasteiger partial charge in [-0.3, -0.25) is 0 Å². The van der Waals surface area contributed by atoms with Crippen LogP contribution in [0.15, 0.2) is 30.6 Å². The molecule has 0 radical (unpaired) electrons. The van der Waals surface area contributed by atoms with E-state index in [9.17, 15) is 13.5 Å². The summed E-state index contributed by atoms with van der Waals surface area (Å²) in [5.41, 5.74) is 0.931. The molecule has 0 unspecified atom stereocenters. The van der Waals surface area contributed by atoms with E-state index in [0.29, 0.717) is 5.65 Å². The number of fused-ring (bicyclic) bond motifs is 1. The van der Waals surface area contributed by atoms with Gasteiger partial charge in [-0.25, -0.2) is 18.5 Å². The highest BCUT2D eigenvalue weighted by atomic mass is 32.2. The van der Waals surface area contributed by atoms with Gasteiger partial charge in [0.1, 0.15) is 17.0 Å². The number of aliphatic hydroxyl groups excluding tert-OH is 1. The predicted octanol–water partition coefficient (Wildman–Crippen LogP) is 0.0447. The van der Waals surface area contributed by atoms with Crippen molar-refractivity contribution in [1.82, 2.24) is 9.38 Å². The highest BCUT2D eigenvalue weighted by Gasteiger charge is 2.27. The van der Waals surface area contributed by atoms with Gasteiger partial charge in [-0.05, 0) is 19.1 Å². The number of rotatable bonds is 3. The molecule has 0 bridgehead atoms. The Bertz CT molecular complexity index is 602. The normalized spacial score (nSPS) is 15.9. The molecule has 2 aromatic rings. The van der Waals surface area contributed by atoms with Crippen LogP contribution in [0.5, 0.6) is 0 Å². The molecule has 7 heteroatoms. The Balaban J connectivity index is 2.40. The van der Waals surface area contributed by atoms with Crippen molar-refractivity contribution in [3.63, 3.8) is 0 Å². The van der Waals surface area contributed by atoms with Gasteiger partial charge >= 0.3 is 0 Å². The van der Waals surface area contributed by atoms with Crippen molar-refractivity contribution in [2.45, 2.75) is 18.3 Å². The Morgan fingerprint density at radius 3 is 2.76 bits per heavy atom. The molecule has 0 amide bonds. The van der Waals surface area contributed by atoms with Crippen LogP contribution in [0.2, 0.25) is 0 Å². The number of nitrogens with two attached hydrogens (primary N) is 1. The second-order valence-corrected chi connectivity index (χ2v) is 5.79. The molecule has 0 saturated heterocycles. The molecule has 0 saturated carbocycles. The summed E-state index contributed by atoms with van der Waals surface area (Å²) in [5.74, 6) is 0. The van der Waals surface area contributed by atoms with E-state index in [-0.39, 0.29) is 5.69 Å². The summed E-state index contributed by atoms with van der Waals surface area (Å²) >= 11 is 0. The molecular weight excluding hydrogens is 242 g/mol.